The molecule has 0 radical (unpaired) electrons. The number of rotatable bonds is 6. The Labute approximate surface area is 171 Å². The maximum absolute atomic E-state index is 13.2. The quantitative estimate of drug-likeness (QED) is 0.474. The van der Waals surface area contributed by atoms with Crippen molar-refractivity contribution >= 4 is 33.4 Å². The van der Waals surface area contributed by atoms with Gasteiger partial charge in [-0.3, -0.25) is 5.32 Å². The van der Waals surface area contributed by atoms with E-state index in [0.717, 1.165) is 23.0 Å². The SMILES string of the molecule is CC(CCNC(=O)Nc1nccs1)c1ccc2c(cnn2-c2ccc(F)cc2)c1. The highest BCUT2D eigenvalue weighted by Crippen LogP contribution is 2.25. The molecule has 2 aromatic carbocycles. The maximum Gasteiger partial charge on any atom is 0.321 e. The van der Waals surface area contributed by atoms with Crippen molar-refractivity contribution in [2.45, 2.75) is 19.3 Å². The lowest BCUT2D eigenvalue weighted by molar-refractivity contribution is 0.252. The fourth-order valence-electron chi connectivity index (χ4n) is 3.14. The number of thiazole rings is 1. The van der Waals surface area contributed by atoms with Crippen molar-refractivity contribution in [3.8, 4) is 5.69 Å². The first-order valence-corrected chi connectivity index (χ1v) is 10.2. The van der Waals surface area contributed by atoms with Crippen LogP contribution < -0.4 is 10.6 Å². The van der Waals surface area contributed by atoms with Gasteiger partial charge in [0.2, 0.25) is 0 Å². The van der Waals surface area contributed by atoms with E-state index in [0.29, 0.717) is 11.7 Å². The number of amides is 2. The summed E-state index contributed by atoms with van der Waals surface area (Å²) in [5.41, 5.74) is 2.96. The van der Waals surface area contributed by atoms with E-state index < -0.39 is 0 Å². The van der Waals surface area contributed by atoms with Crippen molar-refractivity contribution < 1.29 is 9.18 Å². The predicted molar refractivity (Wildman–Crippen MR) is 113 cm³/mol. The van der Waals surface area contributed by atoms with Gasteiger partial charge in [-0.2, -0.15) is 5.10 Å². The lowest BCUT2D eigenvalue weighted by atomic mass is 9.97. The topological polar surface area (TPSA) is 71.8 Å². The van der Waals surface area contributed by atoms with E-state index >= 15 is 0 Å². The molecule has 1 unspecified atom stereocenters. The number of nitrogens with one attached hydrogen (secondary N) is 2. The van der Waals surface area contributed by atoms with Gasteiger partial charge < -0.3 is 5.32 Å². The molecular formula is C21H20FN5OS. The van der Waals surface area contributed by atoms with Gasteiger partial charge in [-0.1, -0.05) is 13.0 Å². The van der Waals surface area contributed by atoms with Gasteiger partial charge in [0.25, 0.3) is 0 Å². The van der Waals surface area contributed by atoms with Gasteiger partial charge >= 0.3 is 6.03 Å². The second-order valence-electron chi connectivity index (χ2n) is 6.76. The molecule has 2 aromatic heterocycles. The third-order valence-electron chi connectivity index (χ3n) is 4.75. The molecule has 0 bridgehead atoms. The molecule has 0 aliphatic rings. The fraction of sp³-hybridized carbons (Fsp3) is 0.190. The number of carbonyl (C=O) groups is 1. The summed E-state index contributed by atoms with van der Waals surface area (Å²) in [5, 5.41) is 13.4. The smallest absolute Gasteiger partial charge is 0.321 e. The first-order chi connectivity index (χ1) is 14.1. The number of aromatic nitrogens is 3. The largest absolute Gasteiger partial charge is 0.338 e. The molecule has 6 nitrogen and oxygen atoms in total. The van der Waals surface area contributed by atoms with Gasteiger partial charge in [-0.15, -0.1) is 11.3 Å². The third-order valence-corrected chi connectivity index (χ3v) is 5.44. The minimum atomic E-state index is -0.268. The molecular weight excluding hydrogens is 389 g/mol. The van der Waals surface area contributed by atoms with Gasteiger partial charge in [-0.05, 0) is 54.3 Å². The molecule has 0 aliphatic carbocycles. The summed E-state index contributed by atoms with van der Waals surface area (Å²) in [4.78, 5) is 15.9. The Bertz CT molecular complexity index is 1110. The van der Waals surface area contributed by atoms with E-state index in [1.54, 1.807) is 23.0 Å². The van der Waals surface area contributed by atoms with E-state index in [2.05, 4.69) is 39.8 Å². The van der Waals surface area contributed by atoms with Crippen molar-refractivity contribution in [1.82, 2.24) is 20.1 Å². The predicted octanol–water partition coefficient (Wildman–Crippen LogP) is 4.94. The first-order valence-electron chi connectivity index (χ1n) is 9.28. The molecule has 148 valence electrons. The number of halogens is 1. The molecule has 1 atom stereocenters. The molecule has 29 heavy (non-hydrogen) atoms. The van der Waals surface area contributed by atoms with Crippen molar-refractivity contribution in [2.75, 3.05) is 11.9 Å². The third kappa shape index (κ3) is 4.43. The first kappa shape index (κ1) is 19.1. The summed E-state index contributed by atoms with van der Waals surface area (Å²) in [6.07, 6.45) is 4.27. The van der Waals surface area contributed by atoms with Crippen LogP contribution in [0.5, 0.6) is 0 Å². The molecule has 2 amide bonds. The van der Waals surface area contributed by atoms with Crippen LogP contribution in [0.3, 0.4) is 0 Å². The van der Waals surface area contributed by atoms with Crippen LogP contribution in [0.1, 0.15) is 24.8 Å². The molecule has 4 rings (SSSR count). The van der Waals surface area contributed by atoms with Gasteiger partial charge in [-0.25, -0.2) is 18.9 Å². The Kier molecular flexibility index (Phi) is 5.53. The van der Waals surface area contributed by atoms with Crippen molar-refractivity contribution in [3.05, 3.63) is 71.6 Å². The number of carbonyl (C=O) groups excluding carboxylic acids is 1. The molecule has 4 aromatic rings. The molecule has 2 heterocycles. The van der Waals surface area contributed by atoms with Crippen molar-refractivity contribution in [1.29, 1.82) is 0 Å². The Morgan fingerprint density at radius 1 is 1.24 bits per heavy atom. The van der Waals surface area contributed by atoms with Crippen LogP contribution in [-0.4, -0.2) is 27.3 Å². The summed E-state index contributed by atoms with van der Waals surface area (Å²) in [6.45, 7) is 2.69. The molecule has 0 spiro atoms. The lowest BCUT2D eigenvalue weighted by Crippen LogP contribution is -2.30. The molecule has 2 N–H and O–H groups in total. The zero-order chi connectivity index (χ0) is 20.2. The highest BCUT2D eigenvalue weighted by molar-refractivity contribution is 7.13. The summed E-state index contributed by atoms with van der Waals surface area (Å²) in [5.74, 6) is 0.00370. The molecule has 8 heteroatoms. The summed E-state index contributed by atoms with van der Waals surface area (Å²) in [7, 11) is 0. The van der Waals surface area contributed by atoms with Crippen LogP contribution >= 0.6 is 11.3 Å². The molecule has 0 aliphatic heterocycles. The molecule has 0 saturated heterocycles. The number of anilines is 1. The van der Waals surface area contributed by atoms with E-state index in [1.165, 1.54) is 29.0 Å². The van der Waals surface area contributed by atoms with Crippen LogP contribution in [0.25, 0.3) is 16.6 Å². The van der Waals surface area contributed by atoms with Crippen molar-refractivity contribution in [3.63, 3.8) is 0 Å². The number of nitrogens with zero attached hydrogens (tertiary/aromatic N) is 3. The summed E-state index contributed by atoms with van der Waals surface area (Å²) < 4.78 is 15.0. The summed E-state index contributed by atoms with van der Waals surface area (Å²) >= 11 is 1.38. The average molecular weight is 409 g/mol. The Morgan fingerprint density at radius 3 is 2.83 bits per heavy atom. The number of benzene rings is 2. The van der Waals surface area contributed by atoms with Crippen LogP contribution in [-0.2, 0) is 0 Å². The molecule has 0 saturated carbocycles. The van der Waals surface area contributed by atoms with Crippen LogP contribution in [0.2, 0.25) is 0 Å². The monoisotopic (exact) mass is 409 g/mol. The minimum Gasteiger partial charge on any atom is -0.338 e. The highest BCUT2D eigenvalue weighted by atomic mass is 32.1. The van der Waals surface area contributed by atoms with Gasteiger partial charge in [0.05, 0.1) is 17.4 Å². The minimum absolute atomic E-state index is 0.247. The number of hydrogen-bond donors (Lipinski definition) is 2. The zero-order valence-corrected chi connectivity index (χ0v) is 16.6. The second-order valence-corrected chi connectivity index (χ2v) is 7.65. The number of fused-ring (bicyclic) bond motifs is 1. The maximum atomic E-state index is 13.2. The van der Waals surface area contributed by atoms with E-state index in [1.807, 2.05) is 17.6 Å². The van der Waals surface area contributed by atoms with Crippen molar-refractivity contribution in [2.24, 2.45) is 0 Å². The number of hydrogen-bond acceptors (Lipinski definition) is 4. The standard InChI is InChI=1S/C21H20FN5OS/c1-14(8-9-23-20(28)26-21-24-10-11-29-21)15-2-7-19-16(12-15)13-25-27(19)18-5-3-17(22)4-6-18/h2-7,10-14H,8-9H2,1H3,(H2,23,24,26,28). The zero-order valence-electron chi connectivity index (χ0n) is 15.8. The van der Waals surface area contributed by atoms with Gasteiger partial charge in [0.1, 0.15) is 5.82 Å². The Hall–Kier alpha value is -3.26. The average Bonchev–Trinajstić information content (AvgIpc) is 3.37. The van der Waals surface area contributed by atoms with Gasteiger partial charge in [0.15, 0.2) is 5.13 Å². The van der Waals surface area contributed by atoms with Crippen LogP contribution in [0.15, 0.2) is 60.2 Å². The van der Waals surface area contributed by atoms with E-state index in [4.69, 9.17) is 0 Å². The summed E-state index contributed by atoms with van der Waals surface area (Å²) in [6, 6.07) is 12.2. The second kappa shape index (κ2) is 8.40. The van der Waals surface area contributed by atoms with Crippen LogP contribution in [0, 0.1) is 5.82 Å². The van der Waals surface area contributed by atoms with Gasteiger partial charge in [0, 0.05) is 23.5 Å². The fourth-order valence-corrected chi connectivity index (χ4v) is 3.67. The Balaban J connectivity index is 1.39. The normalized spacial score (nSPS) is 12.1. The highest BCUT2D eigenvalue weighted by Gasteiger charge is 2.11. The lowest BCUT2D eigenvalue weighted by Gasteiger charge is -2.13. The number of urea groups is 1. The van der Waals surface area contributed by atoms with Crippen LogP contribution in [0.4, 0.5) is 14.3 Å². The Morgan fingerprint density at radius 2 is 2.07 bits per heavy atom. The van der Waals surface area contributed by atoms with E-state index in [9.17, 15) is 9.18 Å². The van der Waals surface area contributed by atoms with E-state index in [-0.39, 0.29) is 17.8 Å². The molecule has 0 fully saturated rings.